The van der Waals surface area contributed by atoms with Crippen LogP contribution in [-0.2, 0) is 16.0 Å². The minimum Gasteiger partial charge on any atom is -0.366 e. The Morgan fingerprint density at radius 3 is 2.48 bits per heavy atom. The summed E-state index contributed by atoms with van der Waals surface area (Å²) in [6.45, 7) is 6.53. The van der Waals surface area contributed by atoms with Gasteiger partial charge in [-0.15, -0.1) is 0 Å². The third kappa shape index (κ3) is 4.02. The molecule has 0 N–H and O–H groups in total. The standard InChI is InChI=1S/C19H22O2/c1-4-21-19(16-8-6-5-7-9-16)18(20)13-17-12-14(2)10-11-15(17)3/h5-12,19H,4,13H2,1-3H3. The Morgan fingerprint density at radius 2 is 1.81 bits per heavy atom. The van der Waals surface area contributed by atoms with E-state index in [0.717, 1.165) is 16.7 Å². The highest BCUT2D eigenvalue weighted by Gasteiger charge is 2.21. The van der Waals surface area contributed by atoms with Gasteiger partial charge in [-0.05, 0) is 37.5 Å². The van der Waals surface area contributed by atoms with E-state index in [1.54, 1.807) is 0 Å². The number of rotatable bonds is 6. The van der Waals surface area contributed by atoms with Crippen LogP contribution in [0.2, 0.25) is 0 Å². The SMILES string of the molecule is CCOC(C(=O)Cc1cc(C)ccc1C)c1ccccc1. The molecule has 110 valence electrons. The van der Waals surface area contributed by atoms with Crippen molar-refractivity contribution < 1.29 is 9.53 Å². The molecule has 1 unspecified atom stereocenters. The van der Waals surface area contributed by atoms with Crippen molar-refractivity contribution in [3.8, 4) is 0 Å². The molecule has 1 atom stereocenters. The van der Waals surface area contributed by atoms with Crippen LogP contribution >= 0.6 is 0 Å². The second-order valence-corrected chi connectivity index (χ2v) is 5.32. The molecule has 0 aromatic heterocycles. The molecule has 0 radical (unpaired) electrons. The molecular weight excluding hydrogens is 260 g/mol. The average molecular weight is 282 g/mol. The van der Waals surface area contributed by atoms with Crippen molar-refractivity contribution in [2.45, 2.75) is 33.3 Å². The maximum atomic E-state index is 12.6. The van der Waals surface area contributed by atoms with E-state index in [1.165, 1.54) is 5.56 Å². The molecule has 0 aliphatic carbocycles. The zero-order valence-corrected chi connectivity index (χ0v) is 12.9. The first-order valence-corrected chi connectivity index (χ1v) is 7.37. The van der Waals surface area contributed by atoms with E-state index in [0.29, 0.717) is 13.0 Å². The number of Topliss-reactive ketones (excluding diaryl/α,β-unsaturated/α-hetero) is 1. The van der Waals surface area contributed by atoms with Gasteiger partial charge >= 0.3 is 0 Å². The minimum atomic E-state index is -0.476. The molecule has 0 saturated carbocycles. The maximum Gasteiger partial charge on any atom is 0.170 e. The Labute approximate surface area is 126 Å². The lowest BCUT2D eigenvalue weighted by molar-refractivity contribution is -0.130. The van der Waals surface area contributed by atoms with Gasteiger partial charge in [0.15, 0.2) is 5.78 Å². The van der Waals surface area contributed by atoms with Gasteiger partial charge in [-0.2, -0.15) is 0 Å². The Kier molecular flexibility index (Phi) is 5.29. The molecule has 0 fully saturated rings. The number of aryl methyl sites for hydroxylation is 2. The van der Waals surface area contributed by atoms with Crippen molar-refractivity contribution in [2.75, 3.05) is 6.61 Å². The molecule has 0 spiro atoms. The lowest BCUT2D eigenvalue weighted by Gasteiger charge is -2.17. The van der Waals surface area contributed by atoms with Crippen molar-refractivity contribution in [2.24, 2.45) is 0 Å². The quantitative estimate of drug-likeness (QED) is 0.794. The van der Waals surface area contributed by atoms with Gasteiger partial charge in [0.05, 0.1) is 0 Å². The summed E-state index contributed by atoms with van der Waals surface area (Å²) in [7, 11) is 0. The number of carbonyl (C=O) groups excluding carboxylic acids is 1. The molecule has 2 heteroatoms. The van der Waals surface area contributed by atoms with Crippen LogP contribution in [0.3, 0.4) is 0 Å². The number of hydrogen-bond donors (Lipinski definition) is 0. The van der Waals surface area contributed by atoms with Crippen molar-refractivity contribution in [3.05, 3.63) is 70.8 Å². The summed E-state index contributed by atoms with van der Waals surface area (Å²) in [5.41, 5.74) is 4.34. The summed E-state index contributed by atoms with van der Waals surface area (Å²) in [6.07, 6.45) is -0.0660. The van der Waals surface area contributed by atoms with Gasteiger partial charge in [0, 0.05) is 13.0 Å². The molecule has 0 aliphatic rings. The third-order valence-corrected chi connectivity index (χ3v) is 3.60. The van der Waals surface area contributed by atoms with E-state index in [9.17, 15) is 4.79 Å². The molecule has 0 bridgehead atoms. The first-order valence-electron chi connectivity index (χ1n) is 7.37. The second kappa shape index (κ2) is 7.19. The van der Waals surface area contributed by atoms with Gasteiger partial charge in [0.1, 0.15) is 6.10 Å². The van der Waals surface area contributed by atoms with Crippen LogP contribution in [0.4, 0.5) is 0 Å². The normalized spacial score (nSPS) is 12.1. The summed E-state index contributed by atoms with van der Waals surface area (Å²) < 4.78 is 5.68. The fourth-order valence-corrected chi connectivity index (χ4v) is 2.44. The van der Waals surface area contributed by atoms with Crippen LogP contribution < -0.4 is 0 Å². The van der Waals surface area contributed by atoms with E-state index in [4.69, 9.17) is 4.74 Å². The summed E-state index contributed by atoms with van der Waals surface area (Å²) in [5, 5.41) is 0. The van der Waals surface area contributed by atoms with Gasteiger partial charge in [-0.1, -0.05) is 54.1 Å². The lowest BCUT2D eigenvalue weighted by Crippen LogP contribution is -2.18. The summed E-state index contributed by atoms with van der Waals surface area (Å²) in [4.78, 5) is 12.6. The molecule has 0 heterocycles. The van der Waals surface area contributed by atoms with Crippen LogP contribution in [0.25, 0.3) is 0 Å². The zero-order valence-electron chi connectivity index (χ0n) is 12.9. The smallest absolute Gasteiger partial charge is 0.170 e. The predicted octanol–water partition coefficient (Wildman–Crippen LogP) is 4.19. The fraction of sp³-hybridized carbons (Fsp3) is 0.316. The molecule has 0 amide bonds. The number of hydrogen-bond acceptors (Lipinski definition) is 2. The predicted molar refractivity (Wildman–Crippen MR) is 85.4 cm³/mol. The zero-order chi connectivity index (χ0) is 15.2. The summed E-state index contributed by atoms with van der Waals surface area (Å²) in [6, 6.07) is 15.9. The van der Waals surface area contributed by atoms with Gasteiger partial charge in [-0.3, -0.25) is 4.79 Å². The highest BCUT2D eigenvalue weighted by Crippen LogP contribution is 2.22. The number of ketones is 1. The number of carbonyl (C=O) groups is 1. The molecule has 21 heavy (non-hydrogen) atoms. The minimum absolute atomic E-state index is 0.108. The molecule has 2 aromatic carbocycles. The lowest BCUT2D eigenvalue weighted by atomic mass is 9.96. The van der Waals surface area contributed by atoms with Crippen molar-refractivity contribution in [3.63, 3.8) is 0 Å². The Morgan fingerprint density at radius 1 is 1.10 bits per heavy atom. The average Bonchev–Trinajstić information content (AvgIpc) is 2.49. The van der Waals surface area contributed by atoms with Gasteiger partial charge in [0.25, 0.3) is 0 Å². The van der Waals surface area contributed by atoms with Crippen molar-refractivity contribution >= 4 is 5.78 Å². The molecular formula is C19H22O2. The third-order valence-electron chi connectivity index (χ3n) is 3.60. The Balaban J connectivity index is 2.21. The largest absolute Gasteiger partial charge is 0.366 e. The van der Waals surface area contributed by atoms with Gasteiger partial charge in [-0.25, -0.2) is 0 Å². The topological polar surface area (TPSA) is 26.3 Å². The highest BCUT2D eigenvalue weighted by molar-refractivity contribution is 5.86. The van der Waals surface area contributed by atoms with Gasteiger partial charge < -0.3 is 4.74 Å². The molecule has 2 rings (SSSR count). The molecule has 2 nitrogen and oxygen atoms in total. The fourth-order valence-electron chi connectivity index (χ4n) is 2.44. The second-order valence-electron chi connectivity index (χ2n) is 5.32. The first-order chi connectivity index (χ1) is 10.1. The molecule has 0 saturated heterocycles. The van der Waals surface area contributed by atoms with Gasteiger partial charge in [0.2, 0.25) is 0 Å². The van der Waals surface area contributed by atoms with Crippen LogP contribution in [-0.4, -0.2) is 12.4 Å². The van der Waals surface area contributed by atoms with Crippen LogP contribution in [0, 0.1) is 13.8 Å². The van der Waals surface area contributed by atoms with E-state index in [-0.39, 0.29) is 5.78 Å². The van der Waals surface area contributed by atoms with Crippen molar-refractivity contribution in [1.29, 1.82) is 0 Å². The van der Waals surface area contributed by atoms with E-state index >= 15 is 0 Å². The van der Waals surface area contributed by atoms with E-state index in [2.05, 4.69) is 18.2 Å². The molecule has 2 aromatic rings. The summed E-state index contributed by atoms with van der Waals surface area (Å²) in [5.74, 6) is 0.108. The Hall–Kier alpha value is -1.93. The Bertz CT molecular complexity index is 602. The number of benzene rings is 2. The number of ether oxygens (including phenoxy) is 1. The van der Waals surface area contributed by atoms with Crippen LogP contribution in [0.1, 0.15) is 35.3 Å². The van der Waals surface area contributed by atoms with E-state index in [1.807, 2.05) is 51.1 Å². The highest BCUT2D eigenvalue weighted by atomic mass is 16.5. The van der Waals surface area contributed by atoms with E-state index < -0.39 is 6.10 Å². The van der Waals surface area contributed by atoms with Crippen molar-refractivity contribution in [1.82, 2.24) is 0 Å². The van der Waals surface area contributed by atoms with Crippen LogP contribution in [0.5, 0.6) is 0 Å². The molecule has 0 aliphatic heterocycles. The maximum absolute atomic E-state index is 12.6. The monoisotopic (exact) mass is 282 g/mol. The van der Waals surface area contributed by atoms with Crippen LogP contribution in [0.15, 0.2) is 48.5 Å². The summed E-state index contributed by atoms with van der Waals surface area (Å²) >= 11 is 0. The first kappa shape index (κ1) is 15.5.